The summed E-state index contributed by atoms with van der Waals surface area (Å²) in [6.45, 7) is 4.85. The monoisotopic (exact) mass is 181 g/mol. The molecule has 0 saturated heterocycles. The summed E-state index contributed by atoms with van der Waals surface area (Å²) in [4.78, 5) is 0. The maximum atomic E-state index is 8.36. The van der Waals surface area contributed by atoms with Gasteiger partial charge >= 0.3 is 0 Å². The molecule has 1 fully saturated rings. The second kappa shape index (κ2) is 5.24. The zero-order chi connectivity index (χ0) is 9.68. The largest absolute Gasteiger partial charge is 0.363 e. The van der Waals surface area contributed by atoms with Gasteiger partial charge in [0.15, 0.2) is 0 Å². The van der Waals surface area contributed by atoms with E-state index in [-0.39, 0.29) is 6.61 Å². The molecule has 2 nitrogen and oxygen atoms in total. The van der Waals surface area contributed by atoms with Gasteiger partial charge in [-0.05, 0) is 37.5 Å². The molecule has 0 aromatic carbocycles. The van der Waals surface area contributed by atoms with E-state index < -0.39 is 0 Å². The highest BCUT2D eigenvalue weighted by atomic mass is 16.5. The van der Waals surface area contributed by atoms with E-state index in [2.05, 4.69) is 13.8 Å². The average molecular weight is 181 g/mol. The van der Waals surface area contributed by atoms with E-state index in [0.717, 1.165) is 24.7 Å². The first-order valence-corrected chi connectivity index (χ1v) is 5.22. The molecular weight excluding hydrogens is 162 g/mol. The molecule has 2 heteroatoms. The third-order valence-corrected chi connectivity index (χ3v) is 3.05. The minimum atomic E-state index is 0.261. The second-order valence-corrected chi connectivity index (χ2v) is 4.25. The Hall–Kier alpha value is -0.550. The van der Waals surface area contributed by atoms with Crippen molar-refractivity contribution >= 4 is 0 Å². The van der Waals surface area contributed by atoms with Gasteiger partial charge in [-0.2, -0.15) is 5.26 Å². The topological polar surface area (TPSA) is 33.0 Å². The first-order chi connectivity index (χ1) is 6.24. The van der Waals surface area contributed by atoms with Crippen molar-refractivity contribution in [2.24, 2.45) is 11.8 Å². The van der Waals surface area contributed by atoms with Crippen molar-refractivity contribution in [2.75, 3.05) is 6.61 Å². The normalized spacial score (nSPS) is 28.8. The van der Waals surface area contributed by atoms with E-state index in [0.29, 0.717) is 6.10 Å². The minimum absolute atomic E-state index is 0.261. The molecule has 0 heterocycles. The number of nitriles is 1. The summed E-state index contributed by atoms with van der Waals surface area (Å²) in [5.74, 6) is 1.68. The van der Waals surface area contributed by atoms with E-state index in [1.807, 2.05) is 6.07 Å². The zero-order valence-corrected chi connectivity index (χ0v) is 8.62. The Morgan fingerprint density at radius 1 is 1.31 bits per heavy atom. The summed E-state index contributed by atoms with van der Waals surface area (Å²) >= 11 is 0. The number of ether oxygens (including phenoxy) is 1. The van der Waals surface area contributed by atoms with Gasteiger partial charge in [-0.3, -0.25) is 0 Å². The van der Waals surface area contributed by atoms with Crippen LogP contribution in [0.4, 0.5) is 0 Å². The molecular formula is C11H19NO. The highest BCUT2D eigenvalue weighted by Gasteiger charge is 2.23. The molecule has 1 aliphatic carbocycles. The van der Waals surface area contributed by atoms with E-state index in [1.54, 1.807) is 0 Å². The number of rotatable bonds is 3. The van der Waals surface area contributed by atoms with Gasteiger partial charge in [-0.15, -0.1) is 0 Å². The van der Waals surface area contributed by atoms with Gasteiger partial charge in [-0.1, -0.05) is 13.8 Å². The summed E-state index contributed by atoms with van der Waals surface area (Å²) in [6.07, 6.45) is 5.19. The summed E-state index contributed by atoms with van der Waals surface area (Å²) in [7, 11) is 0. The molecule has 0 aromatic rings. The van der Waals surface area contributed by atoms with E-state index >= 15 is 0 Å². The summed E-state index contributed by atoms with van der Waals surface area (Å²) in [5, 5.41) is 8.36. The molecule has 0 atom stereocenters. The molecule has 0 aliphatic heterocycles. The Morgan fingerprint density at radius 2 is 1.92 bits per heavy atom. The van der Waals surface area contributed by atoms with Crippen molar-refractivity contribution in [3.05, 3.63) is 0 Å². The summed E-state index contributed by atoms with van der Waals surface area (Å²) < 4.78 is 5.40. The fourth-order valence-electron chi connectivity index (χ4n) is 2.08. The van der Waals surface area contributed by atoms with Crippen molar-refractivity contribution in [2.45, 2.75) is 45.6 Å². The molecule has 0 spiro atoms. The minimum Gasteiger partial charge on any atom is -0.363 e. The maximum Gasteiger partial charge on any atom is 0.134 e. The van der Waals surface area contributed by atoms with Crippen LogP contribution in [0.15, 0.2) is 0 Å². The van der Waals surface area contributed by atoms with Gasteiger partial charge in [0.1, 0.15) is 6.61 Å². The molecule has 0 unspecified atom stereocenters. The predicted molar refractivity (Wildman–Crippen MR) is 52.1 cm³/mol. The molecule has 0 bridgehead atoms. The molecule has 0 amide bonds. The van der Waals surface area contributed by atoms with Crippen LogP contribution in [-0.4, -0.2) is 12.7 Å². The molecule has 0 aromatic heterocycles. The second-order valence-electron chi connectivity index (χ2n) is 4.25. The smallest absolute Gasteiger partial charge is 0.134 e. The number of hydrogen-bond acceptors (Lipinski definition) is 2. The molecule has 1 saturated carbocycles. The quantitative estimate of drug-likeness (QED) is 0.670. The Balaban J connectivity index is 2.19. The fraction of sp³-hybridized carbons (Fsp3) is 0.909. The Morgan fingerprint density at radius 3 is 2.38 bits per heavy atom. The third-order valence-electron chi connectivity index (χ3n) is 3.05. The first-order valence-electron chi connectivity index (χ1n) is 5.22. The van der Waals surface area contributed by atoms with Crippen molar-refractivity contribution in [3.8, 4) is 6.07 Å². The number of hydrogen-bond donors (Lipinski definition) is 0. The fourth-order valence-corrected chi connectivity index (χ4v) is 2.08. The highest BCUT2D eigenvalue weighted by molar-refractivity contribution is 4.76. The standard InChI is InChI=1S/C11H19NO/c1-9(2)10-3-5-11(6-4-10)13-8-7-12/h9-11H,3-6,8H2,1-2H3/t10-,11-. The lowest BCUT2D eigenvalue weighted by molar-refractivity contribution is 0.0308. The van der Waals surface area contributed by atoms with Crippen LogP contribution in [0.25, 0.3) is 0 Å². The zero-order valence-electron chi connectivity index (χ0n) is 8.62. The Bertz CT molecular complexity index is 175. The van der Waals surface area contributed by atoms with Crippen LogP contribution < -0.4 is 0 Å². The van der Waals surface area contributed by atoms with Crippen LogP contribution in [0.5, 0.6) is 0 Å². The van der Waals surface area contributed by atoms with E-state index in [4.69, 9.17) is 10.00 Å². The molecule has 74 valence electrons. The molecule has 0 N–H and O–H groups in total. The SMILES string of the molecule is CC(C)[C@H]1CC[C@H](OCC#N)CC1. The van der Waals surface area contributed by atoms with Gasteiger partial charge in [0.05, 0.1) is 12.2 Å². The van der Waals surface area contributed by atoms with Gasteiger partial charge in [0.2, 0.25) is 0 Å². The third kappa shape index (κ3) is 3.36. The van der Waals surface area contributed by atoms with Crippen molar-refractivity contribution in [1.82, 2.24) is 0 Å². The Labute approximate surface area is 80.9 Å². The lowest BCUT2D eigenvalue weighted by Gasteiger charge is -2.30. The highest BCUT2D eigenvalue weighted by Crippen LogP contribution is 2.30. The van der Waals surface area contributed by atoms with Crippen molar-refractivity contribution in [1.29, 1.82) is 5.26 Å². The maximum absolute atomic E-state index is 8.36. The lowest BCUT2D eigenvalue weighted by Crippen LogP contribution is -2.24. The van der Waals surface area contributed by atoms with Crippen molar-refractivity contribution < 1.29 is 4.74 Å². The van der Waals surface area contributed by atoms with Crippen LogP contribution in [0.1, 0.15) is 39.5 Å². The van der Waals surface area contributed by atoms with Gasteiger partial charge in [-0.25, -0.2) is 0 Å². The van der Waals surface area contributed by atoms with Crippen LogP contribution in [-0.2, 0) is 4.74 Å². The van der Waals surface area contributed by atoms with Gasteiger partial charge < -0.3 is 4.74 Å². The van der Waals surface area contributed by atoms with E-state index in [1.165, 1.54) is 12.8 Å². The van der Waals surface area contributed by atoms with Gasteiger partial charge in [0.25, 0.3) is 0 Å². The average Bonchev–Trinajstić information content (AvgIpc) is 2.15. The lowest BCUT2D eigenvalue weighted by atomic mass is 9.80. The summed E-state index contributed by atoms with van der Waals surface area (Å²) in [6, 6.07) is 2.03. The molecule has 1 rings (SSSR count). The van der Waals surface area contributed by atoms with Crippen LogP contribution in [0, 0.1) is 23.2 Å². The molecule has 1 aliphatic rings. The van der Waals surface area contributed by atoms with Gasteiger partial charge in [0, 0.05) is 0 Å². The van der Waals surface area contributed by atoms with Crippen LogP contribution in [0.3, 0.4) is 0 Å². The van der Waals surface area contributed by atoms with Crippen molar-refractivity contribution in [3.63, 3.8) is 0 Å². The Kier molecular flexibility index (Phi) is 4.24. The van der Waals surface area contributed by atoms with Crippen LogP contribution >= 0.6 is 0 Å². The molecule has 13 heavy (non-hydrogen) atoms. The first kappa shape index (κ1) is 10.5. The van der Waals surface area contributed by atoms with E-state index in [9.17, 15) is 0 Å². The van der Waals surface area contributed by atoms with Crippen LogP contribution in [0.2, 0.25) is 0 Å². The number of nitrogens with zero attached hydrogens (tertiary/aromatic N) is 1. The molecule has 0 radical (unpaired) electrons. The predicted octanol–water partition coefficient (Wildman–Crippen LogP) is 2.74. The summed E-state index contributed by atoms with van der Waals surface area (Å²) in [5.41, 5.74) is 0.